The summed E-state index contributed by atoms with van der Waals surface area (Å²) in [6.07, 6.45) is 11.7. The van der Waals surface area contributed by atoms with E-state index in [0.29, 0.717) is 44.7 Å². The minimum Gasteiger partial charge on any atom is -0.386 e. The van der Waals surface area contributed by atoms with E-state index in [4.69, 9.17) is 31.3 Å². The number of hydrogen-bond acceptors (Lipinski definition) is 8. The van der Waals surface area contributed by atoms with Crippen LogP contribution in [-0.4, -0.2) is 82.0 Å². The second kappa shape index (κ2) is 11.3. The lowest BCUT2D eigenvalue weighted by Gasteiger charge is -2.32. The number of β-amino-alcohol motifs (C(OH)–C–C–N with tert-alkyl or cyclic N) is 1. The number of aryl methyl sites for hydroxylation is 1. The van der Waals surface area contributed by atoms with Crippen LogP contribution in [0.25, 0.3) is 28.5 Å². The lowest BCUT2D eigenvalue weighted by molar-refractivity contribution is -0.0123. The molecule has 3 aliphatic heterocycles. The summed E-state index contributed by atoms with van der Waals surface area (Å²) in [6.45, 7) is 12.2. The number of rotatable bonds is 7. The molecule has 8 nitrogen and oxygen atoms in total. The van der Waals surface area contributed by atoms with Gasteiger partial charge in [-0.3, -0.25) is 9.88 Å². The van der Waals surface area contributed by atoms with Crippen LogP contribution in [-0.2, 0) is 10.2 Å². The predicted octanol–water partition coefficient (Wildman–Crippen LogP) is 7.17. The van der Waals surface area contributed by atoms with Crippen LogP contribution in [0.2, 0.25) is 5.02 Å². The van der Waals surface area contributed by atoms with Crippen molar-refractivity contribution in [2.75, 3.05) is 56.2 Å². The van der Waals surface area contributed by atoms with Gasteiger partial charge in [0.15, 0.2) is 0 Å². The number of aliphatic hydroxyl groups is 1. The van der Waals surface area contributed by atoms with E-state index in [0.717, 1.165) is 113 Å². The van der Waals surface area contributed by atoms with E-state index in [1.807, 2.05) is 19.2 Å². The van der Waals surface area contributed by atoms with E-state index in [-0.39, 0.29) is 17.6 Å². The highest BCUT2D eigenvalue weighted by Gasteiger charge is 2.57. The molecule has 3 aromatic rings. The molecule has 0 radical (unpaired) electrons. The maximum atomic E-state index is 13.7. The minimum absolute atomic E-state index is 0.136. The molecule has 9 rings (SSSR count). The quantitative estimate of drug-likeness (QED) is 0.271. The van der Waals surface area contributed by atoms with E-state index in [2.05, 4.69) is 40.8 Å². The van der Waals surface area contributed by atoms with Crippen molar-refractivity contribution in [2.24, 2.45) is 0 Å². The molecular formula is C39H44ClFN6O2. The Labute approximate surface area is 292 Å². The van der Waals surface area contributed by atoms with E-state index in [9.17, 15) is 9.50 Å². The number of halogens is 2. The van der Waals surface area contributed by atoms with Gasteiger partial charge in [-0.1, -0.05) is 24.3 Å². The van der Waals surface area contributed by atoms with Gasteiger partial charge in [-0.2, -0.15) is 4.98 Å². The zero-order chi connectivity index (χ0) is 33.7. The molecule has 6 aliphatic rings. The standard InChI is InChI=1S/C39H44ClFN6O2/c1-4-26-23(2)16-28(40)29(25-6-7-25)30(26)33-32-27(8-12-42-33)31-34(39(32)10-11-39)44-36(45-35(31)46-14-15-49-22-37(3,48)21-46)43-20-38-9-5-13-47(38)19-24(17-38)18-41/h4,8,12,16,18,25,48H,1,5-7,9-11,13-15,17,19-22H2,2-3H3,(H,43,44,45)/b24-18-/t37-,38-/m0/s1. The van der Waals surface area contributed by atoms with Gasteiger partial charge in [-0.25, -0.2) is 9.37 Å². The van der Waals surface area contributed by atoms with Gasteiger partial charge in [0.2, 0.25) is 5.95 Å². The molecule has 2 atom stereocenters. The first-order valence-electron chi connectivity index (χ1n) is 17.9. The molecule has 0 unspecified atom stereocenters. The van der Waals surface area contributed by atoms with Crippen molar-refractivity contribution in [3.63, 3.8) is 0 Å². The topological polar surface area (TPSA) is 86.6 Å². The molecule has 0 bridgehead atoms. The average Bonchev–Trinajstić information content (AvgIpc) is 3.99. The SMILES string of the molecule is C=Cc1c(C)cc(Cl)c(C2CC2)c1-c1nccc2c1C1(CC1)c1nc(NC[C@@]34CCCN3C/C(=C\F)C4)nc(N3CCOC[C@@](C)(O)C3)c1-2. The highest BCUT2D eigenvalue weighted by molar-refractivity contribution is 6.32. The third-order valence-corrected chi connectivity index (χ3v) is 12.3. The summed E-state index contributed by atoms with van der Waals surface area (Å²) >= 11 is 7.05. The third kappa shape index (κ3) is 4.98. The second-order valence-corrected chi connectivity index (χ2v) is 16.0. The van der Waals surface area contributed by atoms with E-state index < -0.39 is 5.60 Å². The Hall–Kier alpha value is -3.37. The third-order valence-electron chi connectivity index (χ3n) is 12.0. The molecule has 3 saturated heterocycles. The summed E-state index contributed by atoms with van der Waals surface area (Å²) in [7, 11) is 0. The molecule has 3 aliphatic carbocycles. The van der Waals surface area contributed by atoms with Crippen molar-refractivity contribution in [1.29, 1.82) is 0 Å². The van der Waals surface area contributed by atoms with Crippen LogP contribution in [0.15, 0.2) is 36.8 Å². The number of pyridine rings is 1. The van der Waals surface area contributed by atoms with Gasteiger partial charge >= 0.3 is 0 Å². The largest absolute Gasteiger partial charge is 0.386 e. The first kappa shape index (κ1) is 31.6. The lowest BCUT2D eigenvalue weighted by atomic mass is 9.85. The molecule has 2 N–H and O–H groups in total. The van der Waals surface area contributed by atoms with E-state index in [1.165, 1.54) is 11.1 Å². The summed E-state index contributed by atoms with van der Waals surface area (Å²) in [5, 5.41) is 15.8. The number of nitrogens with one attached hydrogen (secondary N) is 1. The number of anilines is 2. The Balaban J connectivity index is 1.21. The Kier molecular flexibility index (Phi) is 7.30. The fourth-order valence-corrected chi connectivity index (χ4v) is 9.86. The van der Waals surface area contributed by atoms with Crippen molar-refractivity contribution >= 4 is 29.4 Å². The molecular weight excluding hydrogens is 639 g/mol. The first-order valence-corrected chi connectivity index (χ1v) is 18.3. The van der Waals surface area contributed by atoms with Crippen LogP contribution < -0.4 is 10.2 Å². The summed E-state index contributed by atoms with van der Waals surface area (Å²) in [5.41, 5.74) is 9.19. The molecule has 10 heteroatoms. The number of nitrogens with zero attached hydrogens (tertiary/aromatic N) is 5. The van der Waals surface area contributed by atoms with Crippen LogP contribution >= 0.6 is 11.6 Å². The Morgan fingerprint density at radius 3 is 2.80 bits per heavy atom. The maximum Gasteiger partial charge on any atom is 0.225 e. The first-order chi connectivity index (χ1) is 23.7. The summed E-state index contributed by atoms with van der Waals surface area (Å²) in [4.78, 5) is 20.4. The fourth-order valence-electron chi connectivity index (χ4n) is 9.45. The fraction of sp³-hybridized carbons (Fsp3) is 0.513. The van der Waals surface area contributed by atoms with Gasteiger partial charge < -0.3 is 20.1 Å². The lowest BCUT2D eigenvalue weighted by Crippen LogP contribution is -2.44. The number of hydrogen-bond donors (Lipinski definition) is 2. The molecule has 5 fully saturated rings. The summed E-state index contributed by atoms with van der Waals surface area (Å²) in [6, 6.07) is 4.20. The summed E-state index contributed by atoms with van der Waals surface area (Å²) < 4.78 is 19.6. The minimum atomic E-state index is -1.04. The maximum absolute atomic E-state index is 13.7. The van der Waals surface area contributed by atoms with Crippen LogP contribution in [0.4, 0.5) is 16.2 Å². The molecule has 1 aromatic carbocycles. The Morgan fingerprint density at radius 1 is 1.20 bits per heavy atom. The molecule has 2 aromatic heterocycles. The second-order valence-electron chi connectivity index (χ2n) is 15.6. The van der Waals surface area contributed by atoms with Gasteiger partial charge in [-0.15, -0.1) is 0 Å². The van der Waals surface area contributed by atoms with Crippen molar-refractivity contribution in [1.82, 2.24) is 19.9 Å². The zero-order valence-electron chi connectivity index (χ0n) is 28.4. The monoisotopic (exact) mass is 682 g/mol. The smallest absolute Gasteiger partial charge is 0.225 e. The highest BCUT2D eigenvalue weighted by atomic mass is 35.5. The molecule has 5 heterocycles. The van der Waals surface area contributed by atoms with Crippen molar-refractivity contribution < 1.29 is 14.2 Å². The van der Waals surface area contributed by atoms with Crippen LogP contribution in [0.5, 0.6) is 0 Å². The van der Waals surface area contributed by atoms with Crippen LogP contribution in [0.1, 0.15) is 85.7 Å². The number of fused-ring (bicyclic) bond motifs is 6. The molecule has 256 valence electrons. The van der Waals surface area contributed by atoms with Crippen LogP contribution in [0, 0.1) is 6.92 Å². The zero-order valence-corrected chi connectivity index (χ0v) is 29.2. The van der Waals surface area contributed by atoms with E-state index in [1.54, 1.807) is 0 Å². The van der Waals surface area contributed by atoms with Gasteiger partial charge in [0.25, 0.3) is 0 Å². The highest BCUT2D eigenvalue weighted by Crippen LogP contribution is 2.66. The van der Waals surface area contributed by atoms with E-state index >= 15 is 0 Å². The Bertz CT molecular complexity index is 1920. The van der Waals surface area contributed by atoms with Crippen molar-refractivity contribution in [3.05, 3.63) is 69.8 Å². The number of benzene rings is 1. The molecule has 1 spiro atoms. The predicted molar refractivity (Wildman–Crippen MR) is 192 cm³/mol. The Morgan fingerprint density at radius 2 is 2.04 bits per heavy atom. The van der Waals surface area contributed by atoms with Gasteiger partial charge in [0.1, 0.15) is 11.4 Å². The number of ether oxygens (including phenoxy) is 1. The van der Waals surface area contributed by atoms with Gasteiger partial charge in [0, 0.05) is 52.9 Å². The number of aromatic nitrogens is 3. The average molecular weight is 683 g/mol. The summed E-state index contributed by atoms with van der Waals surface area (Å²) in [5.74, 6) is 1.81. The van der Waals surface area contributed by atoms with Crippen LogP contribution in [0.3, 0.4) is 0 Å². The normalized spacial score (nSPS) is 27.7. The van der Waals surface area contributed by atoms with Crippen molar-refractivity contribution in [3.8, 4) is 22.4 Å². The van der Waals surface area contributed by atoms with Gasteiger partial charge in [-0.05, 0) is 117 Å². The molecule has 2 saturated carbocycles. The van der Waals surface area contributed by atoms with Crippen molar-refractivity contribution in [2.45, 2.75) is 81.3 Å². The molecule has 49 heavy (non-hydrogen) atoms. The van der Waals surface area contributed by atoms with Gasteiger partial charge in [0.05, 0.1) is 37.5 Å². The molecule has 0 amide bonds.